The van der Waals surface area contributed by atoms with Crippen LogP contribution < -0.4 is 0 Å². The third kappa shape index (κ3) is 1.09. The van der Waals surface area contributed by atoms with E-state index in [9.17, 15) is 4.79 Å². The van der Waals surface area contributed by atoms with E-state index in [2.05, 4.69) is 13.8 Å². The fourth-order valence-corrected chi connectivity index (χ4v) is 2.41. The lowest BCUT2D eigenvalue weighted by Crippen LogP contribution is -2.35. The predicted octanol–water partition coefficient (Wildman–Crippen LogP) is 2.07. The quantitative estimate of drug-likeness (QED) is 0.553. The SMILES string of the molecule is CC1(C)CCC2(CCCC2=O)O1. The van der Waals surface area contributed by atoms with E-state index in [1.807, 2.05) is 0 Å². The normalized spacial score (nSPS) is 39.7. The summed E-state index contributed by atoms with van der Waals surface area (Å²) in [6.07, 6.45) is 4.68. The number of rotatable bonds is 0. The van der Waals surface area contributed by atoms with Crippen LogP contribution in [0.1, 0.15) is 46.0 Å². The molecule has 2 nitrogen and oxygen atoms in total. The average Bonchev–Trinajstić information content (AvgIpc) is 2.43. The van der Waals surface area contributed by atoms with E-state index >= 15 is 0 Å². The molecule has 12 heavy (non-hydrogen) atoms. The Hall–Kier alpha value is -0.370. The Bertz CT molecular complexity index is 220. The lowest BCUT2D eigenvalue weighted by Gasteiger charge is -2.25. The summed E-state index contributed by atoms with van der Waals surface area (Å²) in [6.45, 7) is 4.15. The molecule has 2 aliphatic rings. The van der Waals surface area contributed by atoms with Gasteiger partial charge in [0.2, 0.25) is 0 Å². The zero-order chi connectivity index (χ0) is 8.82. The Morgan fingerprint density at radius 2 is 2.00 bits per heavy atom. The molecule has 1 heterocycles. The molecule has 1 spiro atoms. The molecule has 1 saturated heterocycles. The zero-order valence-electron chi connectivity index (χ0n) is 7.85. The lowest BCUT2D eigenvalue weighted by molar-refractivity contribution is -0.145. The first kappa shape index (κ1) is 8.24. The van der Waals surface area contributed by atoms with E-state index in [4.69, 9.17) is 4.74 Å². The third-order valence-corrected chi connectivity index (χ3v) is 3.10. The number of hydrogen-bond acceptors (Lipinski definition) is 2. The molecule has 0 aromatic carbocycles. The van der Waals surface area contributed by atoms with Gasteiger partial charge in [-0.1, -0.05) is 0 Å². The van der Waals surface area contributed by atoms with Gasteiger partial charge < -0.3 is 4.74 Å². The molecule has 2 fully saturated rings. The smallest absolute Gasteiger partial charge is 0.164 e. The second-order valence-electron chi connectivity index (χ2n) is 4.63. The van der Waals surface area contributed by atoms with E-state index in [1.54, 1.807) is 0 Å². The highest BCUT2D eigenvalue weighted by Crippen LogP contribution is 2.45. The van der Waals surface area contributed by atoms with E-state index in [1.165, 1.54) is 0 Å². The molecule has 1 aliphatic carbocycles. The van der Waals surface area contributed by atoms with Gasteiger partial charge in [-0.15, -0.1) is 0 Å². The molecule has 2 heteroatoms. The molecule has 1 atom stereocenters. The summed E-state index contributed by atoms with van der Waals surface area (Å²) >= 11 is 0. The molecular weight excluding hydrogens is 152 g/mol. The molecule has 1 unspecified atom stereocenters. The lowest BCUT2D eigenvalue weighted by atomic mass is 9.95. The second-order valence-corrected chi connectivity index (χ2v) is 4.63. The van der Waals surface area contributed by atoms with E-state index < -0.39 is 0 Å². The van der Waals surface area contributed by atoms with Crippen molar-refractivity contribution in [3.05, 3.63) is 0 Å². The van der Waals surface area contributed by atoms with Gasteiger partial charge in [-0.05, 0) is 39.5 Å². The van der Waals surface area contributed by atoms with Crippen molar-refractivity contribution >= 4 is 5.78 Å². The maximum Gasteiger partial charge on any atom is 0.164 e. The number of hydrogen-bond donors (Lipinski definition) is 0. The van der Waals surface area contributed by atoms with E-state index in [0.717, 1.165) is 32.1 Å². The summed E-state index contributed by atoms with van der Waals surface area (Å²) in [6, 6.07) is 0. The molecule has 1 saturated carbocycles. The summed E-state index contributed by atoms with van der Waals surface area (Å²) < 4.78 is 5.86. The fourth-order valence-electron chi connectivity index (χ4n) is 2.41. The minimum atomic E-state index is -0.358. The van der Waals surface area contributed by atoms with Crippen LogP contribution in [0.2, 0.25) is 0 Å². The van der Waals surface area contributed by atoms with Gasteiger partial charge in [-0.25, -0.2) is 0 Å². The van der Waals surface area contributed by atoms with Crippen molar-refractivity contribution in [3.8, 4) is 0 Å². The van der Waals surface area contributed by atoms with Crippen molar-refractivity contribution in [1.29, 1.82) is 0 Å². The van der Waals surface area contributed by atoms with Crippen LogP contribution in [0.4, 0.5) is 0 Å². The van der Waals surface area contributed by atoms with Crippen molar-refractivity contribution in [3.63, 3.8) is 0 Å². The van der Waals surface area contributed by atoms with Gasteiger partial charge >= 0.3 is 0 Å². The van der Waals surface area contributed by atoms with Crippen molar-refractivity contribution in [2.75, 3.05) is 0 Å². The highest BCUT2D eigenvalue weighted by atomic mass is 16.5. The Labute approximate surface area is 73.3 Å². The number of ether oxygens (including phenoxy) is 1. The monoisotopic (exact) mass is 168 g/mol. The number of ketones is 1. The van der Waals surface area contributed by atoms with Crippen molar-refractivity contribution in [2.45, 2.75) is 57.2 Å². The molecule has 0 bridgehead atoms. The first-order valence-corrected chi connectivity index (χ1v) is 4.78. The van der Waals surface area contributed by atoms with E-state index in [0.29, 0.717) is 5.78 Å². The minimum Gasteiger partial charge on any atom is -0.361 e. The molecular formula is C10H16O2. The van der Waals surface area contributed by atoms with Gasteiger partial charge in [-0.3, -0.25) is 4.79 Å². The van der Waals surface area contributed by atoms with Crippen LogP contribution in [0.5, 0.6) is 0 Å². The van der Waals surface area contributed by atoms with Gasteiger partial charge in [0, 0.05) is 6.42 Å². The fraction of sp³-hybridized carbons (Fsp3) is 0.900. The summed E-state index contributed by atoms with van der Waals surface area (Å²) in [4.78, 5) is 11.6. The summed E-state index contributed by atoms with van der Waals surface area (Å²) in [5.41, 5.74) is -0.427. The van der Waals surface area contributed by atoms with Crippen LogP contribution in [0.25, 0.3) is 0 Å². The van der Waals surface area contributed by atoms with Gasteiger partial charge in [0.05, 0.1) is 5.60 Å². The van der Waals surface area contributed by atoms with Gasteiger partial charge in [0.15, 0.2) is 5.78 Å². The standard InChI is InChI=1S/C10H16O2/c1-9(2)6-7-10(12-9)5-3-4-8(10)11/h3-7H2,1-2H3. The van der Waals surface area contributed by atoms with E-state index in [-0.39, 0.29) is 11.2 Å². The summed E-state index contributed by atoms with van der Waals surface area (Å²) in [5, 5.41) is 0. The maximum absolute atomic E-state index is 11.6. The minimum absolute atomic E-state index is 0.0694. The highest BCUT2D eigenvalue weighted by Gasteiger charge is 2.51. The van der Waals surface area contributed by atoms with Gasteiger partial charge in [-0.2, -0.15) is 0 Å². The Balaban J connectivity index is 2.19. The number of Topliss-reactive ketones (excluding diaryl/α,β-unsaturated/α-hetero) is 1. The van der Waals surface area contributed by atoms with Crippen LogP contribution in [-0.4, -0.2) is 17.0 Å². The molecule has 1 aliphatic heterocycles. The third-order valence-electron chi connectivity index (χ3n) is 3.10. The second kappa shape index (κ2) is 2.32. The number of carbonyl (C=O) groups is 1. The molecule has 0 radical (unpaired) electrons. The molecule has 0 N–H and O–H groups in total. The van der Waals surface area contributed by atoms with Crippen LogP contribution in [-0.2, 0) is 9.53 Å². The van der Waals surface area contributed by atoms with Gasteiger partial charge in [0.25, 0.3) is 0 Å². The topological polar surface area (TPSA) is 26.3 Å². The number of carbonyl (C=O) groups excluding carboxylic acids is 1. The van der Waals surface area contributed by atoms with Crippen LogP contribution >= 0.6 is 0 Å². The first-order valence-electron chi connectivity index (χ1n) is 4.78. The molecule has 2 rings (SSSR count). The van der Waals surface area contributed by atoms with Gasteiger partial charge in [0.1, 0.15) is 5.60 Å². The Morgan fingerprint density at radius 3 is 2.42 bits per heavy atom. The maximum atomic E-state index is 11.6. The average molecular weight is 168 g/mol. The molecule has 0 aromatic heterocycles. The molecule has 0 amide bonds. The van der Waals surface area contributed by atoms with Crippen LogP contribution in [0.15, 0.2) is 0 Å². The van der Waals surface area contributed by atoms with Crippen LogP contribution in [0.3, 0.4) is 0 Å². The molecule has 68 valence electrons. The molecule has 0 aromatic rings. The Kier molecular flexibility index (Phi) is 1.59. The van der Waals surface area contributed by atoms with Crippen molar-refractivity contribution < 1.29 is 9.53 Å². The van der Waals surface area contributed by atoms with Crippen LogP contribution in [0, 0.1) is 0 Å². The first-order chi connectivity index (χ1) is 5.54. The summed E-state index contributed by atoms with van der Waals surface area (Å²) in [7, 11) is 0. The Morgan fingerprint density at radius 1 is 1.25 bits per heavy atom. The van der Waals surface area contributed by atoms with Crippen molar-refractivity contribution in [1.82, 2.24) is 0 Å². The largest absolute Gasteiger partial charge is 0.361 e. The predicted molar refractivity (Wildman–Crippen MR) is 46.0 cm³/mol. The summed E-state index contributed by atoms with van der Waals surface area (Å²) in [5.74, 6) is 0.341. The zero-order valence-corrected chi connectivity index (χ0v) is 7.85. The van der Waals surface area contributed by atoms with Crippen molar-refractivity contribution in [2.24, 2.45) is 0 Å². The highest BCUT2D eigenvalue weighted by molar-refractivity contribution is 5.89.